The Morgan fingerprint density at radius 1 is 0.674 bits per heavy atom. The van der Waals surface area contributed by atoms with Crippen molar-refractivity contribution in [2.45, 2.75) is 160 Å². The topological polar surface area (TPSA) is 30.5 Å². The first kappa shape index (κ1) is 32.7. The zero-order chi connectivity index (χ0) is 31.4. The van der Waals surface area contributed by atoms with Crippen LogP contribution in [0.2, 0.25) is 0 Å². The lowest BCUT2D eigenvalue weighted by molar-refractivity contribution is -0.120. The Morgan fingerprint density at radius 2 is 1.16 bits per heavy atom. The van der Waals surface area contributed by atoms with Gasteiger partial charge in [0.2, 0.25) is 0 Å². The smallest absolute Gasteiger partial charge is 0.100 e. The molecule has 43 heavy (non-hydrogen) atoms. The van der Waals surface area contributed by atoms with E-state index in [1.807, 2.05) is 0 Å². The van der Waals surface area contributed by atoms with Gasteiger partial charge in [-0.3, -0.25) is 9.80 Å². The van der Waals surface area contributed by atoms with Gasteiger partial charge in [-0.05, 0) is 142 Å². The van der Waals surface area contributed by atoms with E-state index in [9.17, 15) is 0 Å². The number of nitrogens with zero attached hydrogens (tertiary/aromatic N) is 2. The SMILES string of the molecule is CCCCCC(c1cccc2c1Cc1ccccc1-2)(N(C)C1CC(C)(C)NC(C)(C)C1)N(C)C1CC(C)(C)NC(C)(C)C1. The van der Waals surface area contributed by atoms with Gasteiger partial charge in [0.05, 0.1) is 0 Å². The summed E-state index contributed by atoms with van der Waals surface area (Å²) in [7, 11) is 4.98. The van der Waals surface area contributed by atoms with Crippen LogP contribution in [-0.2, 0) is 12.1 Å². The van der Waals surface area contributed by atoms with Gasteiger partial charge in [-0.15, -0.1) is 0 Å². The number of hydrogen-bond donors (Lipinski definition) is 2. The summed E-state index contributed by atoms with van der Waals surface area (Å²) in [4.78, 5) is 5.77. The molecule has 4 heteroatoms. The van der Waals surface area contributed by atoms with Crippen molar-refractivity contribution < 1.29 is 0 Å². The summed E-state index contributed by atoms with van der Waals surface area (Å²) in [5.74, 6) is 0. The van der Waals surface area contributed by atoms with Crippen LogP contribution < -0.4 is 10.6 Å². The number of hydrogen-bond acceptors (Lipinski definition) is 4. The number of piperidine rings is 2. The predicted molar refractivity (Wildman–Crippen MR) is 185 cm³/mol. The number of rotatable bonds is 9. The minimum Gasteiger partial charge on any atom is -0.307 e. The fourth-order valence-corrected chi connectivity index (χ4v) is 9.96. The van der Waals surface area contributed by atoms with E-state index in [0.29, 0.717) is 12.1 Å². The van der Waals surface area contributed by atoms with Crippen molar-refractivity contribution in [1.82, 2.24) is 20.4 Å². The van der Waals surface area contributed by atoms with Crippen molar-refractivity contribution in [2.75, 3.05) is 14.1 Å². The monoisotopic (exact) mass is 586 g/mol. The Hall–Kier alpha value is -1.72. The largest absolute Gasteiger partial charge is 0.307 e. The molecule has 0 aromatic heterocycles. The second kappa shape index (κ2) is 11.6. The molecule has 0 saturated carbocycles. The molecule has 0 amide bonds. The maximum atomic E-state index is 3.98. The fraction of sp³-hybridized carbons (Fsp3) is 0.692. The summed E-state index contributed by atoms with van der Waals surface area (Å²) in [6, 6.07) is 17.3. The number of benzene rings is 2. The Bertz CT molecular complexity index is 1210. The predicted octanol–water partition coefficient (Wildman–Crippen LogP) is 8.47. The van der Waals surface area contributed by atoms with Crippen LogP contribution in [0.3, 0.4) is 0 Å². The second-order valence-electron chi connectivity index (χ2n) is 17.1. The normalized spacial score (nSPS) is 23.0. The minimum atomic E-state index is -0.203. The standard InChI is InChI=1S/C39H62N4/c1-12-13-16-22-39(42(10)29-24-35(2,3)40-36(4,5)25-29,43(11)30-26-37(6,7)41-38(8,9)27-30)34-21-17-20-32-31-19-15-14-18-28(31)23-33(32)34/h14-15,17-21,29-30,40-41H,12-13,16,22-27H2,1-11H3. The van der Waals surface area contributed by atoms with E-state index in [1.54, 1.807) is 11.1 Å². The second-order valence-corrected chi connectivity index (χ2v) is 17.1. The highest BCUT2D eigenvalue weighted by molar-refractivity contribution is 5.78. The van der Waals surface area contributed by atoms with Crippen molar-refractivity contribution in [3.05, 3.63) is 59.2 Å². The molecular weight excluding hydrogens is 524 g/mol. The average molecular weight is 587 g/mol. The van der Waals surface area contributed by atoms with Crippen LogP contribution in [0.25, 0.3) is 11.1 Å². The lowest BCUT2D eigenvalue weighted by Gasteiger charge is -2.60. The van der Waals surface area contributed by atoms with Crippen LogP contribution in [-0.4, -0.2) is 58.1 Å². The van der Waals surface area contributed by atoms with Crippen molar-refractivity contribution >= 4 is 0 Å². The molecule has 238 valence electrons. The van der Waals surface area contributed by atoms with Crippen LogP contribution in [0.4, 0.5) is 0 Å². The van der Waals surface area contributed by atoms with Gasteiger partial charge in [-0.25, -0.2) is 0 Å². The van der Waals surface area contributed by atoms with Crippen molar-refractivity contribution in [2.24, 2.45) is 0 Å². The van der Waals surface area contributed by atoms with Crippen LogP contribution in [0.1, 0.15) is 130 Å². The molecule has 2 aromatic carbocycles. The van der Waals surface area contributed by atoms with Gasteiger partial charge >= 0.3 is 0 Å². The number of nitrogens with one attached hydrogen (secondary N) is 2. The van der Waals surface area contributed by atoms with E-state index >= 15 is 0 Å². The summed E-state index contributed by atoms with van der Waals surface area (Å²) >= 11 is 0. The maximum absolute atomic E-state index is 3.98. The molecule has 0 bridgehead atoms. The molecule has 0 unspecified atom stereocenters. The van der Waals surface area contributed by atoms with E-state index in [-0.39, 0.29) is 27.8 Å². The average Bonchev–Trinajstić information content (AvgIpc) is 3.26. The minimum absolute atomic E-state index is 0.0853. The first-order valence-corrected chi connectivity index (χ1v) is 17.2. The molecule has 1 aliphatic carbocycles. The quantitative estimate of drug-likeness (QED) is 0.194. The summed E-state index contributed by atoms with van der Waals surface area (Å²) in [6.07, 6.45) is 10.5. The third-order valence-corrected chi connectivity index (χ3v) is 11.0. The lowest BCUT2D eigenvalue weighted by atomic mass is 9.74. The first-order valence-electron chi connectivity index (χ1n) is 17.2. The molecule has 2 aliphatic heterocycles. The zero-order valence-electron chi connectivity index (χ0n) is 29.5. The highest BCUT2D eigenvalue weighted by atomic mass is 15.4. The van der Waals surface area contributed by atoms with Crippen LogP contribution in [0.15, 0.2) is 42.5 Å². The number of fused-ring (bicyclic) bond motifs is 3. The van der Waals surface area contributed by atoms with E-state index < -0.39 is 0 Å². The number of unbranched alkanes of at least 4 members (excludes halogenated alkanes) is 2. The summed E-state index contributed by atoms with van der Waals surface area (Å²) < 4.78 is 0. The molecule has 2 heterocycles. The molecule has 4 nitrogen and oxygen atoms in total. The first-order chi connectivity index (χ1) is 20.0. The van der Waals surface area contributed by atoms with Crippen molar-refractivity contribution in [1.29, 1.82) is 0 Å². The third-order valence-electron chi connectivity index (χ3n) is 11.0. The fourth-order valence-electron chi connectivity index (χ4n) is 9.96. The lowest BCUT2D eigenvalue weighted by Crippen LogP contribution is -2.69. The molecule has 3 aliphatic rings. The summed E-state index contributed by atoms with van der Waals surface area (Å²) in [5.41, 5.74) is 7.60. The van der Waals surface area contributed by atoms with E-state index in [2.05, 4.69) is 139 Å². The molecule has 2 N–H and O–H groups in total. The van der Waals surface area contributed by atoms with Crippen LogP contribution in [0.5, 0.6) is 0 Å². The molecule has 0 radical (unpaired) electrons. The molecule has 2 saturated heterocycles. The van der Waals surface area contributed by atoms with Gasteiger partial charge in [-0.1, -0.05) is 62.2 Å². The van der Waals surface area contributed by atoms with E-state index in [1.165, 1.54) is 36.0 Å². The van der Waals surface area contributed by atoms with Gasteiger partial charge in [0, 0.05) is 34.2 Å². The van der Waals surface area contributed by atoms with Gasteiger partial charge in [0.25, 0.3) is 0 Å². The van der Waals surface area contributed by atoms with Crippen LogP contribution in [0, 0.1) is 0 Å². The highest BCUT2D eigenvalue weighted by Gasteiger charge is 2.52. The highest BCUT2D eigenvalue weighted by Crippen LogP contribution is 2.50. The maximum Gasteiger partial charge on any atom is 0.100 e. The molecule has 5 rings (SSSR count). The molecule has 0 atom stereocenters. The Morgan fingerprint density at radius 3 is 1.67 bits per heavy atom. The molecule has 2 fully saturated rings. The van der Waals surface area contributed by atoms with E-state index in [4.69, 9.17) is 0 Å². The third kappa shape index (κ3) is 6.50. The summed E-state index contributed by atoms with van der Waals surface area (Å²) in [5, 5.41) is 7.96. The Kier molecular flexibility index (Phi) is 8.79. The Balaban J connectivity index is 1.71. The van der Waals surface area contributed by atoms with Gasteiger partial charge in [0.1, 0.15) is 5.66 Å². The Labute approximate surface area is 264 Å². The van der Waals surface area contributed by atoms with E-state index in [0.717, 1.165) is 38.5 Å². The van der Waals surface area contributed by atoms with Crippen molar-refractivity contribution in [3.8, 4) is 11.1 Å². The van der Waals surface area contributed by atoms with Gasteiger partial charge < -0.3 is 10.6 Å². The molecule has 0 spiro atoms. The van der Waals surface area contributed by atoms with Crippen molar-refractivity contribution in [3.63, 3.8) is 0 Å². The summed E-state index contributed by atoms with van der Waals surface area (Å²) in [6.45, 7) is 21.6. The van der Waals surface area contributed by atoms with Crippen LogP contribution >= 0.6 is 0 Å². The molecular formula is C39H62N4. The zero-order valence-corrected chi connectivity index (χ0v) is 29.5. The van der Waals surface area contributed by atoms with Gasteiger partial charge in [0.15, 0.2) is 0 Å². The molecule has 2 aromatic rings. The van der Waals surface area contributed by atoms with Gasteiger partial charge in [-0.2, -0.15) is 0 Å².